The van der Waals surface area contributed by atoms with E-state index in [1.54, 1.807) is 0 Å². The average molecular weight is 498 g/mol. The minimum absolute atomic E-state index is 0. The molecule has 147 valence electrons. The second-order valence-electron chi connectivity index (χ2n) is 5.53. The minimum atomic E-state index is -4.68. The van der Waals surface area contributed by atoms with Crippen molar-refractivity contribution >= 4 is 17.3 Å². The van der Waals surface area contributed by atoms with Gasteiger partial charge in [0.1, 0.15) is 6.61 Å². The molecule has 0 saturated heterocycles. The number of ether oxygens (including phenoxy) is 1. The number of tetrazole rings is 1. The van der Waals surface area contributed by atoms with Crippen LogP contribution < -0.4 is 10.4 Å². The molecule has 29 heavy (non-hydrogen) atoms. The summed E-state index contributed by atoms with van der Waals surface area (Å²) in [7, 11) is 1.39. The summed E-state index contributed by atoms with van der Waals surface area (Å²) in [6, 6.07) is 8.39. The number of nitrogens with zero attached hydrogens (tertiary/aromatic N) is 5. The van der Waals surface area contributed by atoms with Gasteiger partial charge in [-0.1, -0.05) is 17.2 Å². The third-order valence-electron chi connectivity index (χ3n) is 3.75. The molecule has 3 aromatic rings. The molecule has 0 aliphatic heterocycles. The van der Waals surface area contributed by atoms with Crippen LogP contribution in [0.4, 0.5) is 18.9 Å². The van der Waals surface area contributed by atoms with E-state index in [1.807, 2.05) is 0 Å². The third-order valence-corrected chi connectivity index (χ3v) is 3.97. The van der Waals surface area contributed by atoms with Gasteiger partial charge in [-0.15, -0.1) is 17.7 Å². The summed E-state index contributed by atoms with van der Waals surface area (Å²) >= 11 is 5.74. The van der Waals surface area contributed by atoms with E-state index in [9.17, 15) is 18.0 Å². The summed E-state index contributed by atoms with van der Waals surface area (Å²) in [5, 5.41) is 7.23. The van der Waals surface area contributed by atoms with Crippen LogP contribution in [0, 0.1) is 12.6 Å². The van der Waals surface area contributed by atoms with E-state index in [0.717, 1.165) is 15.4 Å². The summed E-state index contributed by atoms with van der Waals surface area (Å²) in [5.41, 5.74) is -1.20. The van der Waals surface area contributed by atoms with Crippen molar-refractivity contribution < 1.29 is 50.6 Å². The molecule has 2 aromatic carbocycles. The fourth-order valence-electron chi connectivity index (χ4n) is 2.42. The molecular weight excluding hydrogens is 488 g/mol. The van der Waals surface area contributed by atoms with Crippen LogP contribution in [0.5, 0.6) is 5.75 Å². The second kappa shape index (κ2) is 9.07. The van der Waals surface area contributed by atoms with Crippen LogP contribution in [0.25, 0.3) is 10.5 Å². The van der Waals surface area contributed by atoms with Crippen LogP contribution in [0.2, 0.25) is 5.02 Å². The van der Waals surface area contributed by atoms with Gasteiger partial charge in [-0.05, 0) is 22.1 Å². The Balaban J connectivity index is 0.00000300. The van der Waals surface area contributed by atoms with E-state index < -0.39 is 29.8 Å². The first-order valence-corrected chi connectivity index (χ1v) is 8.00. The SMILES string of the molecule is [C-]#[N+]c1cccc(-n2nnn(C)c2=O)c1COc1cc(Cl)[c-]cc1C(F)(F)F.[Y]. The first-order chi connectivity index (χ1) is 13.2. The monoisotopic (exact) mass is 497 g/mol. The van der Waals surface area contributed by atoms with Crippen molar-refractivity contribution in [2.75, 3.05) is 0 Å². The Hall–Kier alpha value is -2.22. The standard InChI is InChI=1S/C17H10ClF3N5O2.Y/c1-22-13-4-3-5-14(26-16(27)25(2)23-24-26)11(13)9-28-15-8-10(18)6-7-12(15)17(19,20)21;/h3-5,7-8H,9H2,2H3;/q-1;. The summed E-state index contributed by atoms with van der Waals surface area (Å²) in [5.74, 6) is -0.520. The summed E-state index contributed by atoms with van der Waals surface area (Å²) in [6.07, 6.45) is -4.68. The molecule has 1 aromatic heterocycles. The molecule has 0 bridgehead atoms. The molecule has 1 radical (unpaired) electrons. The smallest absolute Gasteiger partial charge is 0.373 e. The molecule has 1 heterocycles. The predicted octanol–water partition coefficient (Wildman–Crippen LogP) is 3.57. The number of benzene rings is 2. The number of rotatable bonds is 4. The van der Waals surface area contributed by atoms with Gasteiger partial charge in [0, 0.05) is 51.1 Å². The van der Waals surface area contributed by atoms with Gasteiger partial charge in [0.25, 0.3) is 0 Å². The Bertz CT molecular complexity index is 1140. The Morgan fingerprint density at radius 2 is 2.07 bits per heavy atom. The summed E-state index contributed by atoms with van der Waals surface area (Å²) < 4.78 is 46.8. The maximum absolute atomic E-state index is 13.2. The van der Waals surface area contributed by atoms with Gasteiger partial charge in [-0.25, -0.2) is 9.64 Å². The van der Waals surface area contributed by atoms with Crippen LogP contribution in [0.1, 0.15) is 11.1 Å². The first kappa shape index (κ1) is 23.1. The molecule has 12 heteroatoms. The van der Waals surface area contributed by atoms with Gasteiger partial charge in [0.2, 0.25) is 0 Å². The van der Waals surface area contributed by atoms with Crippen molar-refractivity contribution in [3.05, 3.63) is 74.4 Å². The van der Waals surface area contributed by atoms with E-state index in [-0.39, 0.29) is 54.7 Å². The van der Waals surface area contributed by atoms with Gasteiger partial charge < -0.3 is 4.74 Å². The van der Waals surface area contributed by atoms with Crippen molar-refractivity contribution in [2.45, 2.75) is 12.8 Å². The second-order valence-corrected chi connectivity index (χ2v) is 5.94. The van der Waals surface area contributed by atoms with Gasteiger partial charge in [0.05, 0.1) is 12.3 Å². The Labute approximate surface area is 192 Å². The molecule has 3 rings (SSSR count). The van der Waals surface area contributed by atoms with Crippen LogP contribution in [0.15, 0.2) is 35.1 Å². The Morgan fingerprint density at radius 1 is 1.34 bits per heavy atom. The Morgan fingerprint density at radius 3 is 2.66 bits per heavy atom. The summed E-state index contributed by atoms with van der Waals surface area (Å²) in [4.78, 5) is 15.5. The maximum Gasteiger partial charge on any atom is 0.373 e. The molecule has 0 amide bonds. The van der Waals surface area contributed by atoms with Gasteiger partial charge in [-0.3, -0.25) is 0 Å². The largest absolute Gasteiger partial charge is 0.515 e. The van der Waals surface area contributed by atoms with Crippen molar-refractivity contribution in [3.63, 3.8) is 0 Å². The van der Waals surface area contributed by atoms with E-state index in [1.165, 1.54) is 25.2 Å². The number of halogens is 4. The minimum Gasteiger partial charge on any atom is -0.515 e. The fraction of sp³-hybridized carbons (Fsp3) is 0.176. The molecule has 0 unspecified atom stereocenters. The number of hydrogen-bond acceptors (Lipinski definition) is 4. The zero-order valence-electron chi connectivity index (χ0n) is 14.7. The summed E-state index contributed by atoms with van der Waals surface area (Å²) in [6.45, 7) is 6.87. The number of hydrogen-bond donors (Lipinski definition) is 0. The van der Waals surface area contributed by atoms with Crippen molar-refractivity contribution in [2.24, 2.45) is 7.05 Å². The number of aryl methyl sites for hydroxylation is 1. The van der Waals surface area contributed by atoms with Crippen molar-refractivity contribution in [1.82, 2.24) is 19.8 Å². The van der Waals surface area contributed by atoms with E-state index >= 15 is 0 Å². The fourth-order valence-corrected chi connectivity index (χ4v) is 2.57. The topological polar surface area (TPSA) is 66.3 Å². The number of alkyl halides is 3. The molecule has 0 N–H and O–H groups in total. The predicted molar refractivity (Wildman–Crippen MR) is 92.5 cm³/mol. The van der Waals surface area contributed by atoms with Crippen LogP contribution in [-0.4, -0.2) is 19.8 Å². The maximum atomic E-state index is 13.2. The van der Waals surface area contributed by atoms with Gasteiger partial charge >= 0.3 is 11.9 Å². The van der Waals surface area contributed by atoms with Gasteiger partial charge in [0.15, 0.2) is 5.69 Å². The van der Waals surface area contributed by atoms with Crippen LogP contribution >= 0.6 is 11.6 Å². The van der Waals surface area contributed by atoms with E-state index in [2.05, 4.69) is 21.3 Å². The zero-order chi connectivity index (χ0) is 20.5. The van der Waals surface area contributed by atoms with E-state index in [0.29, 0.717) is 6.07 Å². The third kappa shape index (κ3) is 4.86. The molecule has 0 aliphatic rings. The molecule has 7 nitrogen and oxygen atoms in total. The van der Waals surface area contributed by atoms with Gasteiger partial charge in [-0.2, -0.15) is 34.7 Å². The molecular formula is C17H10ClF3N5O2Y-. The van der Waals surface area contributed by atoms with E-state index in [4.69, 9.17) is 22.9 Å². The first-order valence-electron chi connectivity index (χ1n) is 7.62. The molecule has 0 saturated carbocycles. The average Bonchev–Trinajstić information content (AvgIpc) is 2.97. The molecule has 0 aliphatic carbocycles. The number of aromatic nitrogens is 4. The Kier molecular flexibility index (Phi) is 7.22. The molecule has 0 atom stereocenters. The quantitative estimate of drug-likeness (QED) is 0.517. The zero-order valence-corrected chi connectivity index (χ0v) is 18.3. The van der Waals surface area contributed by atoms with Crippen LogP contribution in [0.3, 0.4) is 0 Å². The normalized spacial score (nSPS) is 10.9. The van der Waals surface area contributed by atoms with Crippen molar-refractivity contribution in [1.29, 1.82) is 0 Å². The molecule has 0 fully saturated rings. The van der Waals surface area contributed by atoms with Crippen LogP contribution in [-0.2, 0) is 52.5 Å². The van der Waals surface area contributed by atoms with Crippen molar-refractivity contribution in [3.8, 4) is 11.4 Å². The molecule has 0 spiro atoms.